The molecule has 1 aromatic rings. The number of rotatable bonds is 2. The molecule has 94 valence electrons. The first kappa shape index (κ1) is 11.3. The molecule has 0 radical (unpaired) electrons. The number of likely N-dealkylation sites (N-methyl/N-ethyl adjacent to an activating group) is 1. The minimum absolute atomic E-state index is 0.0904. The number of hydrogen-bond donors (Lipinski definition) is 0. The molecule has 0 spiro atoms. The molecule has 1 amide bonds. The fourth-order valence-corrected chi connectivity index (χ4v) is 2.97. The maximum Gasteiger partial charge on any atom is 0.332 e. The van der Waals surface area contributed by atoms with Gasteiger partial charge in [0.2, 0.25) is 0 Å². The molecule has 2 aliphatic rings. The van der Waals surface area contributed by atoms with Crippen LogP contribution in [0.4, 0.5) is 0 Å². The molecule has 1 aliphatic carbocycles. The molecule has 1 heterocycles. The molecule has 0 N–H and O–H groups in total. The Labute approximate surface area is 106 Å². The smallest absolute Gasteiger partial charge is 0.332 e. The van der Waals surface area contributed by atoms with Crippen molar-refractivity contribution in [1.29, 1.82) is 0 Å². The zero-order valence-corrected chi connectivity index (χ0v) is 10.5. The third-order valence-corrected chi connectivity index (χ3v) is 4.03. The molecule has 0 saturated heterocycles. The van der Waals surface area contributed by atoms with Crippen molar-refractivity contribution in [3.63, 3.8) is 0 Å². The van der Waals surface area contributed by atoms with Gasteiger partial charge in [0.05, 0.1) is 6.61 Å². The first-order chi connectivity index (χ1) is 8.63. The lowest BCUT2D eigenvalue weighted by Crippen LogP contribution is -2.49. The fourth-order valence-electron chi connectivity index (χ4n) is 2.97. The van der Waals surface area contributed by atoms with Crippen LogP contribution in [0.2, 0.25) is 0 Å². The standard InChI is InChI=1S/C14H15NO3/c1-3-18-13(17)14-8-11(14)9-6-4-5-7-10(9)12(16)15(14)2/h4-7,11H,3,8H2,1-2H3. The Morgan fingerprint density at radius 1 is 1.50 bits per heavy atom. The van der Waals surface area contributed by atoms with E-state index in [0.717, 1.165) is 5.56 Å². The average Bonchev–Trinajstić information content (AvgIpc) is 3.13. The van der Waals surface area contributed by atoms with E-state index in [1.165, 1.54) is 0 Å². The number of ether oxygens (including phenoxy) is 1. The van der Waals surface area contributed by atoms with Gasteiger partial charge >= 0.3 is 5.97 Å². The first-order valence-corrected chi connectivity index (χ1v) is 6.17. The molecule has 1 saturated carbocycles. The van der Waals surface area contributed by atoms with Gasteiger partial charge in [0, 0.05) is 18.5 Å². The summed E-state index contributed by atoms with van der Waals surface area (Å²) in [6, 6.07) is 7.52. The highest BCUT2D eigenvalue weighted by molar-refractivity contribution is 6.04. The number of carbonyl (C=O) groups excluding carboxylic acids is 2. The second-order valence-electron chi connectivity index (χ2n) is 4.85. The van der Waals surface area contributed by atoms with Crippen molar-refractivity contribution in [1.82, 2.24) is 4.90 Å². The third kappa shape index (κ3) is 1.20. The van der Waals surface area contributed by atoms with E-state index in [1.54, 1.807) is 18.9 Å². The lowest BCUT2D eigenvalue weighted by atomic mass is 9.94. The Bertz CT molecular complexity index is 540. The highest BCUT2D eigenvalue weighted by Crippen LogP contribution is 2.59. The molecule has 1 aromatic carbocycles. The summed E-state index contributed by atoms with van der Waals surface area (Å²) in [4.78, 5) is 26.0. The van der Waals surface area contributed by atoms with Gasteiger partial charge in [-0.25, -0.2) is 4.79 Å². The van der Waals surface area contributed by atoms with Crippen LogP contribution < -0.4 is 0 Å². The van der Waals surface area contributed by atoms with Crippen LogP contribution in [0, 0.1) is 0 Å². The number of amides is 1. The van der Waals surface area contributed by atoms with Gasteiger partial charge in [0.25, 0.3) is 5.91 Å². The van der Waals surface area contributed by atoms with Crippen molar-refractivity contribution in [2.24, 2.45) is 0 Å². The number of benzene rings is 1. The van der Waals surface area contributed by atoms with Crippen molar-refractivity contribution in [2.45, 2.75) is 24.8 Å². The molecule has 18 heavy (non-hydrogen) atoms. The van der Waals surface area contributed by atoms with Gasteiger partial charge in [-0.3, -0.25) is 4.79 Å². The van der Waals surface area contributed by atoms with E-state index < -0.39 is 5.54 Å². The Kier molecular flexibility index (Phi) is 2.24. The molecule has 4 nitrogen and oxygen atoms in total. The fraction of sp³-hybridized carbons (Fsp3) is 0.429. The van der Waals surface area contributed by atoms with E-state index in [1.807, 2.05) is 24.3 Å². The second-order valence-corrected chi connectivity index (χ2v) is 4.85. The normalized spacial score (nSPS) is 28.4. The quantitative estimate of drug-likeness (QED) is 0.743. The SMILES string of the molecule is CCOC(=O)C12CC1c1ccccc1C(=O)N2C. The van der Waals surface area contributed by atoms with E-state index in [0.29, 0.717) is 18.6 Å². The molecule has 3 rings (SSSR count). The minimum Gasteiger partial charge on any atom is -0.464 e. The molecule has 0 aromatic heterocycles. The summed E-state index contributed by atoms with van der Waals surface area (Å²) in [5.41, 5.74) is 0.942. The van der Waals surface area contributed by atoms with Crippen LogP contribution in [-0.4, -0.2) is 36.0 Å². The molecule has 4 heteroatoms. The lowest BCUT2D eigenvalue weighted by molar-refractivity contribution is -0.150. The molecule has 2 atom stereocenters. The van der Waals surface area contributed by atoms with E-state index in [4.69, 9.17) is 4.74 Å². The molecular weight excluding hydrogens is 230 g/mol. The predicted molar refractivity (Wildman–Crippen MR) is 65.3 cm³/mol. The summed E-state index contributed by atoms with van der Waals surface area (Å²) in [5.74, 6) is -0.275. The number of carbonyl (C=O) groups is 2. The molecule has 2 unspecified atom stereocenters. The van der Waals surface area contributed by atoms with Crippen molar-refractivity contribution < 1.29 is 14.3 Å². The van der Waals surface area contributed by atoms with Gasteiger partial charge in [-0.15, -0.1) is 0 Å². The Balaban J connectivity index is 2.05. The third-order valence-electron chi connectivity index (χ3n) is 4.03. The van der Waals surface area contributed by atoms with Crippen LogP contribution in [0.1, 0.15) is 35.2 Å². The van der Waals surface area contributed by atoms with Crippen LogP contribution in [0.3, 0.4) is 0 Å². The van der Waals surface area contributed by atoms with Gasteiger partial charge in [-0.2, -0.15) is 0 Å². The Hall–Kier alpha value is -1.84. The molecule has 1 fully saturated rings. The van der Waals surface area contributed by atoms with Gasteiger partial charge in [0.1, 0.15) is 5.54 Å². The average molecular weight is 245 g/mol. The van der Waals surface area contributed by atoms with Gasteiger partial charge in [-0.05, 0) is 25.0 Å². The van der Waals surface area contributed by atoms with Crippen molar-refractivity contribution in [2.75, 3.05) is 13.7 Å². The van der Waals surface area contributed by atoms with Crippen LogP contribution in [-0.2, 0) is 9.53 Å². The topological polar surface area (TPSA) is 46.6 Å². The number of nitrogens with zero attached hydrogens (tertiary/aromatic N) is 1. The van der Waals surface area contributed by atoms with Crippen LogP contribution in [0.5, 0.6) is 0 Å². The number of esters is 1. The summed E-state index contributed by atoms with van der Waals surface area (Å²) >= 11 is 0. The summed E-state index contributed by atoms with van der Waals surface area (Å²) in [7, 11) is 1.69. The van der Waals surface area contributed by atoms with Crippen LogP contribution >= 0.6 is 0 Å². The minimum atomic E-state index is -0.749. The summed E-state index contributed by atoms with van der Waals surface area (Å²) < 4.78 is 5.13. The van der Waals surface area contributed by atoms with Gasteiger partial charge in [0.15, 0.2) is 0 Å². The van der Waals surface area contributed by atoms with Crippen molar-refractivity contribution in [3.8, 4) is 0 Å². The molecule has 1 aliphatic heterocycles. The Morgan fingerprint density at radius 2 is 2.22 bits per heavy atom. The van der Waals surface area contributed by atoms with E-state index in [2.05, 4.69) is 0 Å². The van der Waals surface area contributed by atoms with Gasteiger partial charge in [-0.1, -0.05) is 18.2 Å². The summed E-state index contributed by atoms with van der Waals surface area (Å²) in [5, 5.41) is 0. The highest BCUT2D eigenvalue weighted by Gasteiger charge is 2.68. The first-order valence-electron chi connectivity index (χ1n) is 6.17. The number of fused-ring (bicyclic) bond motifs is 3. The summed E-state index contributed by atoms with van der Waals surface area (Å²) in [6.45, 7) is 2.13. The zero-order valence-electron chi connectivity index (χ0n) is 10.5. The van der Waals surface area contributed by atoms with E-state index in [9.17, 15) is 9.59 Å². The van der Waals surface area contributed by atoms with Crippen molar-refractivity contribution in [3.05, 3.63) is 35.4 Å². The largest absolute Gasteiger partial charge is 0.464 e. The zero-order chi connectivity index (χ0) is 12.9. The van der Waals surface area contributed by atoms with E-state index >= 15 is 0 Å². The second kappa shape index (κ2) is 3.57. The Morgan fingerprint density at radius 3 is 2.94 bits per heavy atom. The molecular formula is C14H15NO3. The summed E-state index contributed by atoms with van der Waals surface area (Å²) in [6.07, 6.45) is 0.672. The van der Waals surface area contributed by atoms with Gasteiger partial charge < -0.3 is 9.64 Å². The maximum absolute atomic E-state index is 12.3. The predicted octanol–water partition coefficient (Wildman–Crippen LogP) is 1.56. The molecule has 0 bridgehead atoms. The van der Waals surface area contributed by atoms with Crippen LogP contribution in [0.25, 0.3) is 0 Å². The van der Waals surface area contributed by atoms with Crippen molar-refractivity contribution >= 4 is 11.9 Å². The highest BCUT2D eigenvalue weighted by atomic mass is 16.5. The van der Waals surface area contributed by atoms with Crippen LogP contribution in [0.15, 0.2) is 24.3 Å². The lowest BCUT2D eigenvalue weighted by Gasteiger charge is -2.32. The maximum atomic E-state index is 12.3. The monoisotopic (exact) mass is 245 g/mol. The number of hydrogen-bond acceptors (Lipinski definition) is 3. The van der Waals surface area contributed by atoms with E-state index in [-0.39, 0.29) is 17.8 Å².